The molecule has 5 heteroatoms. The minimum Gasteiger partial charge on any atom is -0.486 e. The maximum absolute atomic E-state index is 12.2. The summed E-state index contributed by atoms with van der Waals surface area (Å²) < 4.78 is 11.6. The summed E-state index contributed by atoms with van der Waals surface area (Å²) in [6, 6.07) is 14.2. The van der Waals surface area contributed by atoms with Crippen molar-refractivity contribution in [1.29, 1.82) is 0 Å². The Balaban J connectivity index is 1.72. The molecule has 0 bridgehead atoms. The van der Waals surface area contributed by atoms with Crippen LogP contribution in [0.25, 0.3) is 0 Å². The van der Waals surface area contributed by atoms with Crippen LogP contribution in [-0.4, -0.2) is 32.2 Å². The van der Waals surface area contributed by atoms with E-state index in [9.17, 15) is 4.79 Å². The largest absolute Gasteiger partial charge is 0.486 e. The maximum atomic E-state index is 12.2. The highest BCUT2D eigenvalue weighted by atomic mass is 16.6. The quantitative estimate of drug-likeness (QED) is 0.830. The molecule has 2 aliphatic heterocycles. The zero-order valence-corrected chi connectivity index (χ0v) is 15.3. The molecule has 0 aromatic heterocycles. The third-order valence-electron chi connectivity index (χ3n) is 4.93. The van der Waals surface area contributed by atoms with Gasteiger partial charge in [-0.1, -0.05) is 31.2 Å². The Labute approximate surface area is 154 Å². The number of rotatable bonds is 2. The summed E-state index contributed by atoms with van der Waals surface area (Å²) in [6.07, 6.45) is 0. The maximum Gasteiger partial charge on any atom is 0.223 e. The molecule has 2 heterocycles. The number of carbonyl (C=O) groups is 1. The Hall–Kier alpha value is -2.69. The number of nitrogens with zero attached hydrogens (tertiary/aromatic N) is 2. The number of hydrogen-bond donors (Lipinski definition) is 0. The van der Waals surface area contributed by atoms with Gasteiger partial charge in [0.15, 0.2) is 11.5 Å². The molecule has 0 saturated carbocycles. The minimum absolute atomic E-state index is 0.0833. The van der Waals surface area contributed by atoms with Crippen molar-refractivity contribution >= 4 is 17.3 Å². The molecule has 2 aromatic rings. The Kier molecular flexibility index (Phi) is 4.45. The van der Waals surface area contributed by atoms with E-state index in [1.165, 1.54) is 0 Å². The lowest BCUT2D eigenvalue weighted by Crippen LogP contribution is -2.33. The summed E-state index contributed by atoms with van der Waals surface area (Å²) in [5.74, 6) is 2.11. The number of para-hydroxylation sites is 3. The van der Waals surface area contributed by atoms with Crippen molar-refractivity contribution in [3.8, 4) is 11.5 Å². The molecule has 26 heavy (non-hydrogen) atoms. The molecular weight excluding hydrogens is 328 g/mol. The summed E-state index contributed by atoms with van der Waals surface area (Å²) >= 11 is 0. The van der Waals surface area contributed by atoms with E-state index in [2.05, 4.69) is 24.0 Å². The van der Waals surface area contributed by atoms with E-state index in [0.29, 0.717) is 19.1 Å². The highest BCUT2D eigenvalue weighted by Crippen LogP contribution is 2.38. The van der Waals surface area contributed by atoms with Crippen LogP contribution in [0.5, 0.6) is 11.5 Å². The fourth-order valence-electron chi connectivity index (χ4n) is 3.81. The SMILES string of the molecule is CC(=O)N1C[C@@H](C)CN(Cc2cccc3c2OCCO3)c2ccccc21. The van der Waals surface area contributed by atoms with Crippen molar-refractivity contribution in [2.24, 2.45) is 5.92 Å². The van der Waals surface area contributed by atoms with Gasteiger partial charge in [-0.2, -0.15) is 0 Å². The van der Waals surface area contributed by atoms with Gasteiger partial charge in [-0.3, -0.25) is 4.79 Å². The van der Waals surface area contributed by atoms with Crippen LogP contribution in [0, 0.1) is 5.92 Å². The first-order valence-electron chi connectivity index (χ1n) is 9.13. The summed E-state index contributed by atoms with van der Waals surface area (Å²) in [5.41, 5.74) is 3.17. The smallest absolute Gasteiger partial charge is 0.223 e. The van der Waals surface area contributed by atoms with Crippen molar-refractivity contribution in [2.75, 3.05) is 36.1 Å². The summed E-state index contributed by atoms with van der Waals surface area (Å²) in [5, 5.41) is 0. The Morgan fingerprint density at radius 1 is 1.04 bits per heavy atom. The molecule has 0 spiro atoms. The van der Waals surface area contributed by atoms with Crippen molar-refractivity contribution in [3.05, 3.63) is 48.0 Å². The predicted octanol–water partition coefficient (Wildman–Crippen LogP) is 3.47. The summed E-state index contributed by atoms with van der Waals surface area (Å²) in [6.45, 7) is 7.33. The van der Waals surface area contributed by atoms with Gasteiger partial charge in [0.1, 0.15) is 13.2 Å². The van der Waals surface area contributed by atoms with Gasteiger partial charge in [0.25, 0.3) is 0 Å². The lowest BCUT2D eigenvalue weighted by molar-refractivity contribution is -0.116. The monoisotopic (exact) mass is 352 g/mol. The van der Waals surface area contributed by atoms with E-state index in [-0.39, 0.29) is 5.91 Å². The predicted molar refractivity (Wildman–Crippen MR) is 102 cm³/mol. The zero-order valence-electron chi connectivity index (χ0n) is 15.3. The average molecular weight is 352 g/mol. The minimum atomic E-state index is 0.0833. The van der Waals surface area contributed by atoms with Crippen LogP contribution in [-0.2, 0) is 11.3 Å². The Morgan fingerprint density at radius 2 is 1.81 bits per heavy atom. The fourth-order valence-corrected chi connectivity index (χ4v) is 3.81. The molecule has 136 valence electrons. The van der Waals surface area contributed by atoms with Crippen LogP contribution in [0.3, 0.4) is 0 Å². The normalized spacial score (nSPS) is 18.9. The van der Waals surface area contributed by atoms with E-state index in [0.717, 1.165) is 48.1 Å². The van der Waals surface area contributed by atoms with Crippen molar-refractivity contribution in [2.45, 2.75) is 20.4 Å². The van der Waals surface area contributed by atoms with Crippen LogP contribution < -0.4 is 19.3 Å². The number of hydrogen-bond acceptors (Lipinski definition) is 4. The number of amides is 1. The molecule has 2 aromatic carbocycles. The van der Waals surface area contributed by atoms with Crippen LogP contribution >= 0.6 is 0 Å². The highest BCUT2D eigenvalue weighted by Gasteiger charge is 2.27. The van der Waals surface area contributed by atoms with Gasteiger partial charge < -0.3 is 19.3 Å². The molecule has 1 atom stereocenters. The fraction of sp³-hybridized carbons (Fsp3) is 0.381. The molecule has 1 amide bonds. The summed E-state index contributed by atoms with van der Waals surface area (Å²) in [4.78, 5) is 16.4. The molecule has 0 N–H and O–H groups in total. The van der Waals surface area contributed by atoms with Crippen LogP contribution in [0.15, 0.2) is 42.5 Å². The number of carbonyl (C=O) groups excluding carboxylic acids is 1. The van der Waals surface area contributed by atoms with E-state index < -0.39 is 0 Å². The first kappa shape index (κ1) is 16.8. The third-order valence-corrected chi connectivity index (χ3v) is 4.93. The van der Waals surface area contributed by atoms with Gasteiger partial charge in [0.05, 0.1) is 11.4 Å². The standard InChI is InChI=1S/C21H24N2O3/c1-15-12-22(14-17-6-5-9-20-21(17)26-11-10-25-20)18-7-3-4-8-19(18)23(13-15)16(2)24/h3-9,15H,10-14H2,1-2H3/t15-/m0/s1. The summed E-state index contributed by atoms with van der Waals surface area (Å²) in [7, 11) is 0. The van der Waals surface area contributed by atoms with Crippen molar-refractivity contribution in [3.63, 3.8) is 0 Å². The van der Waals surface area contributed by atoms with Gasteiger partial charge in [0.2, 0.25) is 5.91 Å². The van der Waals surface area contributed by atoms with Gasteiger partial charge in [0, 0.05) is 32.1 Å². The third kappa shape index (κ3) is 3.09. The molecule has 4 rings (SSSR count). The van der Waals surface area contributed by atoms with E-state index in [1.54, 1.807) is 6.92 Å². The highest BCUT2D eigenvalue weighted by molar-refractivity contribution is 5.95. The van der Waals surface area contributed by atoms with E-state index in [4.69, 9.17) is 9.47 Å². The van der Waals surface area contributed by atoms with E-state index >= 15 is 0 Å². The molecule has 5 nitrogen and oxygen atoms in total. The topological polar surface area (TPSA) is 42.0 Å². The molecule has 2 aliphatic rings. The van der Waals surface area contributed by atoms with Crippen molar-refractivity contribution in [1.82, 2.24) is 0 Å². The molecule has 0 saturated heterocycles. The number of ether oxygens (including phenoxy) is 2. The van der Waals surface area contributed by atoms with Crippen LogP contribution in [0.4, 0.5) is 11.4 Å². The lowest BCUT2D eigenvalue weighted by Gasteiger charge is -2.28. The second kappa shape index (κ2) is 6.90. The molecular formula is C21H24N2O3. The molecule has 0 aliphatic carbocycles. The number of anilines is 2. The van der Waals surface area contributed by atoms with Crippen LogP contribution in [0.2, 0.25) is 0 Å². The van der Waals surface area contributed by atoms with Gasteiger partial charge in [-0.15, -0.1) is 0 Å². The van der Waals surface area contributed by atoms with Crippen molar-refractivity contribution < 1.29 is 14.3 Å². The molecule has 0 fully saturated rings. The first-order chi connectivity index (χ1) is 12.6. The second-order valence-corrected chi connectivity index (χ2v) is 7.05. The number of fused-ring (bicyclic) bond motifs is 2. The van der Waals surface area contributed by atoms with Gasteiger partial charge >= 0.3 is 0 Å². The number of benzene rings is 2. The zero-order chi connectivity index (χ0) is 18.1. The average Bonchev–Trinajstić information content (AvgIpc) is 2.79. The van der Waals surface area contributed by atoms with E-state index in [1.807, 2.05) is 35.2 Å². The second-order valence-electron chi connectivity index (χ2n) is 7.05. The molecule has 0 radical (unpaired) electrons. The van der Waals surface area contributed by atoms with Gasteiger partial charge in [-0.05, 0) is 24.1 Å². The first-order valence-corrected chi connectivity index (χ1v) is 9.13. The Bertz CT molecular complexity index is 821. The lowest BCUT2D eigenvalue weighted by atomic mass is 10.1. The van der Waals surface area contributed by atoms with Crippen LogP contribution in [0.1, 0.15) is 19.4 Å². The Morgan fingerprint density at radius 3 is 2.62 bits per heavy atom. The van der Waals surface area contributed by atoms with Gasteiger partial charge in [-0.25, -0.2) is 0 Å². The molecule has 0 unspecified atom stereocenters.